The van der Waals surface area contributed by atoms with Crippen LogP contribution in [0.3, 0.4) is 0 Å². The highest BCUT2D eigenvalue weighted by Crippen LogP contribution is 2.75. The van der Waals surface area contributed by atoms with Crippen LogP contribution in [0.15, 0.2) is 11.6 Å². The Kier molecular flexibility index (Phi) is 7.12. The fourth-order valence-electron chi connectivity index (χ4n) is 11.1. The van der Waals surface area contributed by atoms with Gasteiger partial charge in [-0.05, 0) is 92.3 Å². The van der Waals surface area contributed by atoms with E-state index in [1.54, 1.807) is 0 Å². The third-order valence-corrected chi connectivity index (χ3v) is 14.1. The lowest BCUT2D eigenvalue weighted by atomic mass is 9.33. The Morgan fingerprint density at radius 1 is 0.927 bits per heavy atom. The van der Waals surface area contributed by atoms with Crippen molar-refractivity contribution in [3.8, 4) is 0 Å². The Balaban J connectivity index is 1.57. The largest absolute Gasteiger partial charge is 0.481 e. The zero-order valence-electron chi connectivity index (χ0n) is 26.5. The first-order chi connectivity index (χ1) is 18.9. The maximum Gasteiger partial charge on any atom is 0.309 e. The van der Waals surface area contributed by atoms with Crippen molar-refractivity contribution in [1.82, 2.24) is 0 Å². The van der Waals surface area contributed by atoms with Crippen molar-refractivity contribution >= 4 is 17.9 Å². The molecule has 0 aromatic rings. The van der Waals surface area contributed by atoms with Crippen LogP contribution >= 0.6 is 0 Å². The van der Waals surface area contributed by atoms with Gasteiger partial charge in [-0.1, -0.05) is 46.3 Å². The molecule has 11 atom stereocenters. The van der Waals surface area contributed by atoms with E-state index in [1.807, 2.05) is 6.92 Å². The van der Waals surface area contributed by atoms with Gasteiger partial charge in [-0.15, -0.1) is 0 Å². The van der Waals surface area contributed by atoms with Gasteiger partial charge >= 0.3 is 17.9 Å². The molecule has 7 nitrogen and oxygen atoms in total. The predicted molar refractivity (Wildman–Crippen MR) is 155 cm³/mol. The van der Waals surface area contributed by atoms with Crippen LogP contribution in [0, 0.1) is 50.2 Å². The number of ether oxygens (including phenoxy) is 2. The number of carbonyl (C=O) groups excluding carboxylic acids is 2. The summed E-state index contributed by atoms with van der Waals surface area (Å²) in [6.07, 6.45) is 8.73. The summed E-state index contributed by atoms with van der Waals surface area (Å²) in [4.78, 5) is 36.4. The second kappa shape index (κ2) is 9.56. The minimum Gasteiger partial charge on any atom is -0.481 e. The quantitative estimate of drug-likeness (QED) is 0.300. The van der Waals surface area contributed by atoms with Gasteiger partial charge in [0.05, 0.1) is 11.5 Å². The third kappa shape index (κ3) is 4.17. The van der Waals surface area contributed by atoms with Crippen LogP contribution in [0.2, 0.25) is 0 Å². The van der Waals surface area contributed by atoms with Crippen molar-refractivity contribution in [2.24, 2.45) is 50.2 Å². The maximum absolute atomic E-state index is 12.4. The van der Waals surface area contributed by atoms with Crippen molar-refractivity contribution in [2.75, 3.05) is 6.61 Å². The van der Waals surface area contributed by atoms with Crippen molar-refractivity contribution in [2.45, 2.75) is 125 Å². The summed E-state index contributed by atoms with van der Waals surface area (Å²) in [5, 5.41) is 22.1. The molecule has 230 valence electrons. The van der Waals surface area contributed by atoms with Crippen LogP contribution in [0.4, 0.5) is 0 Å². The summed E-state index contributed by atoms with van der Waals surface area (Å²) in [5.41, 5.74) is -0.377. The number of aliphatic hydroxyl groups is 1. The Hall–Kier alpha value is -1.89. The Labute approximate surface area is 245 Å². The first-order valence-corrected chi connectivity index (χ1v) is 15.8. The van der Waals surface area contributed by atoms with E-state index in [1.165, 1.54) is 19.4 Å². The second-order valence-corrected chi connectivity index (χ2v) is 16.1. The average Bonchev–Trinajstić information content (AvgIpc) is 2.87. The summed E-state index contributed by atoms with van der Waals surface area (Å²) < 4.78 is 11.5. The SMILES string of the molecule is CC(=O)OC[C@]1(C)[C@@H](OC(C)=O)C[C@H](O)[C@]2(C)[C@H]3CC=C4[C@@H]5C[C@](C)(C(=O)O)CC[C@]5(C)CC[C@@]4(C)[C@]3(C)CC[C@@H]12. The van der Waals surface area contributed by atoms with E-state index in [0.717, 1.165) is 44.9 Å². The molecule has 0 spiro atoms. The molecule has 0 aromatic heterocycles. The number of aliphatic hydroxyl groups excluding tert-OH is 1. The van der Waals surface area contributed by atoms with Crippen LogP contribution in [0.5, 0.6) is 0 Å². The molecule has 0 saturated heterocycles. The molecule has 0 bridgehead atoms. The first kappa shape index (κ1) is 30.6. The van der Waals surface area contributed by atoms with E-state index in [-0.39, 0.29) is 52.5 Å². The topological polar surface area (TPSA) is 110 Å². The molecule has 5 rings (SSSR count). The van der Waals surface area contributed by atoms with Gasteiger partial charge in [-0.3, -0.25) is 14.4 Å². The summed E-state index contributed by atoms with van der Waals surface area (Å²) in [5.74, 6) is -0.989. The summed E-state index contributed by atoms with van der Waals surface area (Å²) in [6, 6.07) is 0. The fraction of sp³-hybridized carbons (Fsp3) is 0.853. The van der Waals surface area contributed by atoms with Crippen LogP contribution in [0.25, 0.3) is 0 Å². The lowest BCUT2D eigenvalue weighted by Gasteiger charge is -2.72. The Morgan fingerprint density at radius 3 is 2.20 bits per heavy atom. The number of aliphatic carboxylic acids is 1. The number of allylic oxidation sites excluding steroid dienone is 2. The smallest absolute Gasteiger partial charge is 0.309 e. The number of rotatable bonds is 4. The van der Waals surface area contributed by atoms with Crippen molar-refractivity contribution in [3.63, 3.8) is 0 Å². The summed E-state index contributed by atoms with van der Waals surface area (Å²) >= 11 is 0. The van der Waals surface area contributed by atoms with Gasteiger partial charge in [-0.2, -0.15) is 0 Å². The van der Waals surface area contributed by atoms with E-state index >= 15 is 0 Å². The minimum atomic E-state index is -0.700. The minimum absolute atomic E-state index is 0.00193. The summed E-state index contributed by atoms with van der Waals surface area (Å²) in [6.45, 7) is 16.4. The van der Waals surface area contributed by atoms with Gasteiger partial charge < -0.3 is 19.7 Å². The molecule has 0 amide bonds. The highest BCUT2D eigenvalue weighted by Gasteiger charge is 2.71. The standard InChI is InChI=1S/C34H52O7/c1-20(35)40-19-31(5)24-11-12-33(7)25(34(24,8)26(37)17-27(31)41-21(2)36)10-9-22-23-18-30(4,28(38)39)14-13-29(23,3)15-16-32(22,33)6/h9,23-27,37H,10-19H2,1-8H3,(H,38,39)/t23-,24-,25-,26-,27-,29+,30+,31-,32+,33+,34-/m0/s1. The van der Waals surface area contributed by atoms with E-state index in [0.29, 0.717) is 12.8 Å². The number of carboxylic acids is 1. The Morgan fingerprint density at radius 2 is 1.59 bits per heavy atom. The average molecular weight is 573 g/mol. The second-order valence-electron chi connectivity index (χ2n) is 16.1. The molecule has 5 aliphatic carbocycles. The van der Waals surface area contributed by atoms with Crippen LogP contribution in [-0.2, 0) is 23.9 Å². The number of hydrogen-bond donors (Lipinski definition) is 2. The highest BCUT2D eigenvalue weighted by atomic mass is 16.6. The molecular weight excluding hydrogens is 520 g/mol. The predicted octanol–water partition coefficient (Wildman–Crippen LogP) is 6.32. The molecule has 2 N–H and O–H groups in total. The van der Waals surface area contributed by atoms with Gasteiger partial charge in [0.1, 0.15) is 12.7 Å². The van der Waals surface area contributed by atoms with E-state index in [4.69, 9.17) is 9.47 Å². The van der Waals surface area contributed by atoms with Crippen LogP contribution in [0.1, 0.15) is 113 Å². The lowest BCUT2D eigenvalue weighted by molar-refractivity contribution is -0.258. The highest BCUT2D eigenvalue weighted by molar-refractivity contribution is 5.74. The third-order valence-electron chi connectivity index (χ3n) is 14.1. The molecule has 7 heteroatoms. The van der Waals surface area contributed by atoms with E-state index < -0.39 is 34.4 Å². The number of carbonyl (C=O) groups is 3. The van der Waals surface area contributed by atoms with Gasteiger partial charge in [0.2, 0.25) is 0 Å². The molecule has 0 unspecified atom stereocenters. The molecule has 4 saturated carbocycles. The first-order valence-electron chi connectivity index (χ1n) is 15.8. The number of esters is 2. The van der Waals surface area contributed by atoms with Crippen LogP contribution < -0.4 is 0 Å². The van der Waals surface area contributed by atoms with Gasteiger partial charge in [-0.25, -0.2) is 0 Å². The lowest BCUT2D eigenvalue weighted by Crippen LogP contribution is -2.69. The number of hydrogen-bond acceptors (Lipinski definition) is 6. The monoisotopic (exact) mass is 572 g/mol. The molecule has 0 aliphatic heterocycles. The molecule has 41 heavy (non-hydrogen) atoms. The zero-order chi connectivity index (χ0) is 30.4. The van der Waals surface area contributed by atoms with Crippen molar-refractivity contribution in [1.29, 1.82) is 0 Å². The molecule has 4 fully saturated rings. The fourth-order valence-corrected chi connectivity index (χ4v) is 11.1. The number of carboxylic acid groups (broad SMARTS) is 1. The molecule has 0 aromatic carbocycles. The van der Waals surface area contributed by atoms with Gasteiger partial charge in [0.15, 0.2) is 0 Å². The van der Waals surface area contributed by atoms with E-state index in [2.05, 4.69) is 40.7 Å². The van der Waals surface area contributed by atoms with Crippen molar-refractivity contribution < 1.29 is 34.1 Å². The van der Waals surface area contributed by atoms with Gasteiger partial charge in [0, 0.05) is 31.1 Å². The van der Waals surface area contributed by atoms with Gasteiger partial charge in [0.25, 0.3) is 0 Å². The zero-order valence-corrected chi connectivity index (χ0v) is 26.5. The summed E-state index contributed by atoms with van der Waals surface area (Å²) in [7, 11) is 0. The number of fused-ring (bicyclic) bond motifs is 7. The molecular formula is C34H52O7. The van der Waals surface area contributed by atoms with Crippen LogP contribution in [-0.4, -0.2) is 46.9 Å². The molecule has 0 radical (unpaired) electrons. The van der Waals surface area contributed by atoms with E-state index in [9.17, 15) is 24.6 Å². The Bertz CT molecular complexity index is 1160. The maximum atomic E-state index is 12.4. The molecule has 5 aliphatic rings. The molecule has 0 heterocycles. The normalized spacial score (nSPS) is 50.7. The van der Waals surface area contributed by atoms with Crippen molar-refractivity contribution in [3.05, 3.63) is 11.6 Å².